The molecule has 1 aromatic carbocycles. The number of nitrogens with zero attached hydrogens (tertiary/aromatic N) is 1. The number of carbonyl (C=O) groups excluding carboxylic acids is 1. The predicted molar refractivity (Wildman–Crippen MR) is 102 cm³/mol. The van der Waals surface area contributed by atoms with Crippen LogP contribution in [0, 0.1) is 0 Å². The van der Waals surface area contributed by atoms with Crippen molar-refractivity contribution in [3.8, 4) is 0 Å². The Labute approximate surface area is 156 Å². The van der Waals surface area contributed by atoms with Gasteiger partial charge in [0.15, 0.2) is 0 Å². The molecule has 1 N–H and O–H groups in total. The summed E-state index contributed by atoms with van der Waals surface area (Å²) in [6, 6.07) is 7.86. The summed E-state index contributed by atoms with van der Waals surface area (Å²) >= 11 is 3.57. The summed E-state index contributed by atoms with van der Waals surface area (Å²) in [5.74, 6) is 0.0972. The highest BCUT2D eigenvalue weighted by atomic mass is 79.9. The second-order valence-corrected chi connectivity index (χ2v) is 7.48. The molecule has 0 saturated heterocycles. The van der Waals surface area contributed by atoms with Gasteiger partial charge in [-0.05, 0) is 48.4 Å². The molecule has 0 saturated carbocycles. The van der Waals surface area contributed by atoms with Crippen molar-refractivity contribution in [2.45, 2.75) is 45.4 Å². The minimum Gasteiger partial charge on any atom is -0.466 e. The van der Waals surface area contributed by atoms with E-state index in [4.69, 9.17) is 4.74 Å². The number of aromatic amines is 1. The molecule has 0 fully saturated rings. The van der Waals surface area contributed by atoms with Gasteiger partial charge in [0.05, 0.1) is 13.0 Å². The van der Waals surface area contributed by atoms with Gasteiger partial charge in [-0.2, -0.15) is 0 Å². The minimum atomic E-state index is -0.225. The molecule has 0 aliphatic carbocycles. The average Bonchev–Trinajstić information content (AvgIpc) is 2.84. The minimum absolute atomic E-state index is 0.0629. The van der Waals surface area contributed by atoms with Crippen LogP contribution in [0.3, 0.4) is 0 Å². The van der Waals surface area contributed by atoms with E-state index in [1.807, 2.05) is 6.07 Å². The Balaban J connectivity index is 2.36. The van der Waals surface area contributed by atoms with Crippen LogP contribution in [-0.4, -0.2) is 22.4 Å². The average molecular weight is 409 g/mol. The number of H-pyrrole nitrogens is 1. The molecule has 0 amide bonds. The van der Waals surface area contributed by atoms with E-state index in [1.54, 1.807) is 20.0 Å². The molecule has 1 heterocycles. The molecule has 1 atom stereocenters. The van der Waals surface area contributed by atoms with E-state index in [9.17, 15) is 9.59 Å². The summed E-state index contributed by atoms with van der Waals surface area (Å²) in [6.07, 6.45) is 0.849. The first-order chi connectivity index (χ1) is 11.8. The van der Waals surface area contributed by atoms with Crippen molar-refractivity contribution in [1.82, 2.24) is 9.78 Å². The molecule has 5 nitrogen and oxygen atoms in total. The number of nitrogens with one attached hydrogen (secondary N) is 1. The molecule has 6 heteroatoms. The largest absolute Gasteiger partial charge is 0.466 e. The number of carbonyl (C=O) groups is 1. The number of hydrogen-bond acceptors (Lipinski definition) is 3. The normalized spacial score (nSPS) is 12.4. The van der Waals surface area contributed by atoms with Crippen LogP contribution in [0.15, 0.2) is 33.5 Å². The zero-order chi connectivity index (χ0) is 18.6. The first kappa shape index (κ1) is 19.5. The Morgan fingerprint density at radius 3 is 2.48 bits per heavy atom. The number of hydrogen-bond donors (Lipinski definition) is 1. The molecule has 2 aromatic rings. The topological polar surface area (TPSA) is 64.1 Å². The van der Waals surface area contributed by atoms with Gasteiger partial charge >= 0.3 is 5.97 Å². The van der Waals surface area contributed by atoms with Gasteiger partial charge in [-0.15, -0.1) is 0 Å². The van der Waals surface area contributed by atoms with Crippen LogP contribution in [0.25, 0.3) is 0 Å². The van der Waals surface area contributed by atoms with Crippen LogP contribution in [0.5, 0.6) is 0 Å². The summed E-state index contributed by atoms with van der Waals surface area (Å²) < 4.78 is 7.57. The summed E-state index contributed by atoms with van der Waals surface area (Å²) in [5, 5.41) is 3.04. The Morgan fingerprint density at radius 2 is 1.92 bits per heavy atom. The van der Waals surface area contributed by atoms with Gasteiger partial charge in [-0.1, -0.05) is 35.8 Å². The summed E-state index contributed by atoms with van der Waals surface area (Å²) in [7, 11) is 1.68. The van der Waals surface area contributed by atoms with Gasteiger partial charge in [0.25, 0.3) is 5.56 Å². The maximum absolute atomic E-state index is 12.1. The quantitative estimate of drug-likeness (QED) is 0.706. The van der Waals surface area contributed by atoms with Crippen LogP contribution in [0.4, 0.5) is 0 Å². The van der Waals surface area contributed by atoms with Gasteiger partial charge in [-0.25, -0.2) is 0 Å². The highest BCUT2D eigenvalue weighted by Crippen LogP contribution is 2.30. The van der Waals surface area contributed by atoms with Crippen LogP contribution in [0.1, 0.15) is 55.8 Å². The predicted octanol–water partition coefficient (Wildman–Crippen LogP) is 3.88. The van der Waals surface area contributed by atoms with Crippen LogP contribution < -0.4 is 5.56 Å². The lowest BCUT2D eigenvalue weighted by Gasteiger charge is -2.18. The molecule has 1 unspecified atom stereocenters. The lowest BCUT2D eigenvalue weighted by molar-refractivity contribution is -0.143. The highest BCUT2D eigenvalue weighted by Gasteiger charge is 2.20. The number of aryl methyl sites for hydroxylation is 1. The number of ether oxygens (including phenoxy) is 1. The smallest absolute Gasteiger partial charge is 0.306 e. The van der Waals surface area contributed by atoms with Crippen LogP contribution in [-0.2, 0) is 23.0 Å². The van der Waals surface area contributed by atoms with E-state index in [1.165, 1.54) is 10.2 Å². The molecule has 0 bridgehead atoms. The van der Waals surface area contributed by atoms with Crippen molar-refractivity contribution in [2.75, 3.05) is 6.61 Å². The summed E-state index contributed by atoms with van der Waals surface area (Å²) in [5.41, 5.74) is 3.01. The Bertz CT molecular complexity index is 792. The zero-order valence-corrected chi connectivity index (χ0v) is 16.7. The lowest BCUT2D eigenvalue weighted by Crippen LogP contribution is -2.13. The van der Waals surface area contributed by atoms with Crippen molar-refractivity contribution in [1.29, 1.82) is 0 Å². The maximum Gasteiger partial charge on any atom is 0.306 e. The van der Waals surface area contributed by atoms with E-state index in [0.29, 0.717) is 18.9 Å². The SMILES string of the molecule is CCOC(=O)CC(Cc1cc(=O)n(C)[nH]1)c1cc(Br)cc(C(C)C)c1. The number of halogens is 1. The van der Waals surface area contributed by atoms with E-state index in [0.717, 1.165) is 15.7 Å². The Hall–Kier alpha value is -1.82. The van der Waals surface area contributed by atoms with Gasteiger partial charge in [0.1, 0.15) is 0 Å². The van der Waals surface area contributed by atoms with Crippen molar-refractivity contribution in [2.24, 2.45) is 7.05 Å². The van der Waals surface area contributed by atoms with Crippen molar-refractivity contribution < 1.29 is 9.53 Å². The van der Waals surface area contributed by atoms with Gasteiger partial charge in [0.2, 0.25) is 0 Å². The standard InChI is InChI=1S/C19H25BrN2O3/c1-5-25-19(24)10-15(9-17-11-18(23)22(4)21-17)14-6-13(12(2)3)7-16(20)8-14/h6-8,11-12,15,21H,5,9-10H2,1-4H3. The van der Waals surface area contributed by atoms with E-state index in [-0.39, 0.29) is 23.9 Å². The lowest BCUT2D eigenvalue weighted by atomic mass is 9.88. The maximum atomic E-state index is 12.1. The Morgan fingerprint density at radius 1 is 1.24 bits per heavy atom. The zero-order valence-electron chi connectivity index (χ0n) is 15.1. The van der Waals surface area contributed by atoms with Gasteiger partial charge in [0, 0.05) is 23.3 Å². The third-order valence-electron chi connectivity index (χ3n) is 4.20. The second-order valence-electron chi connectivity index (χ2n) is 6.56. The molecule has 0 aliphatic rings. The number of esters is 1. The molecule has 25 heavy (non-hydrogen) atoms. The van der Waals surface area contributed by atoms with Crippen LogP contribution >= 0.6 is 15.9 Å². The summed E-state index contributed by atoms with van der Waals surface area (Å²) in [4.78, 5) is 23.8. The third-order valence-corrected chi connectivity index (χ3v) is 4.66. The molecule has 2 rings (SSSR count). The molecular formula is C19H25BrN2O3. The fourth-order valence-corrected chi connectivity index (χ4v) is 3.38. The highest BCUT2D eigenvalue weighted by molar-refractivity contribution is 9.10. The molecule has 0 aliphatic heterocycles. The van der Waals surface area contributed by atoms with E-state index in [2.05, 4.69) is 47.0 Å². The fourth-order valence-electron chi connectivity index (χ4n) is 2.85. The van der Waals surface area contributed by atoms with Gasteiger partial charge in [-0.3, -0.25) is 19.4 Å². The molecule has 0 spiro atoms. The molecular weight excluding hydrogens is 384 g/mol. The number of benzene rings is 1. The monoisotopic (exact) mass is 408 g/mol. The number of rotatable bonds is 7. The van der Waals surface area contributed by atoms with Gasteiger partial charge < -0.3 is 4.74 Å². The summed E-state index contributed by atoms with van der Waals surface area (Å²) in [6.45, 7) is 6.45. The van der Waals surface area contributed by atoms with E-state index >= 15 is 0 Å². The first-order valence-electron chi connectivity index (χ1n) is 8.51. The van der Waals surface area contributed by atoms with Crippen molar-refractivity contribution >= 4 is 21.9 Å². The Kier molecular flexibility index (Phi) is 6.64. The molecule has 1 aromatic heterocycles. The van der Waals surface area contributed by atoms with Crippen molar-refractivity contribution in [3.05, 3.63) is 55.9 Å². The van der Waals surface area contributed by atoms with Crippen LogP contribution in [0.2, 0.25) is 0 Å². The molecule has 136 valence electrons. The second kappa shape index (κ2) is 8.52. The number of aromatic nitrogens is 2. The molecule has 0 radical (unpaired) electrons. The van der Waals surface area contributed by atoms with Crippen molar-refractivity contribution in [3.63, 3.8) is 0 Å². The fraction of sp³-hybridized carbons (Fsp3) is 0.474. The third kappa shape index (κ3) is 5.33. The first-order valence-corrected chi connectivity index (χ1v) is 9.30. The van der Waals surface area contributed by atoms with E-state index < -0.39 is 0 Å².